The maximum atomic E-state index is 9.25. The highest BCUT2D eigenvalue weighted by molar-refractivity contribution is 7.80. The molecule has 0 aliphatic rings. The zero-order valence-corrected chi connectivity index (χ0v) is 9.92. The molecule has 0 saturated heterocycles. The molecule has 0 aliphatic heterocycles. The summed E-state index contributed by atoms with van der Waals surface area (Å²) in [5.41, 5.74) is 0.928. The molecule has 2 heteroatoms. The lowest BCUT2D eigenvalue weighted by Crippen LogP contribution is -1.97. The highest BCUT2D eigenvalue weighted by Crippen LogP contribution is 2.12. The molecule has 2 rings (SSSR count). The van der Waals surface area contributed by atoms with E-state index >= 15 is 0 Å². The van der Waals surface area contributed by atoms with Crippen LogP contribution in [0, 0.1) is 0 Å². The molecule has 1 atom stereocenters. The first-order valence-electron chi connectivity index (χ1n) is 5.18. The molecular weight excluding hydrogens is 216 g/mol. The largest absolute Gasteiger partial charge is 0.388 e. The summed E-state index contributed by atoms with van der Waals surface area (Å²) in [6, 6.07) is 21.5. The summed E-state index contributed by atoms with van der Waals surface area (Å²) >= 11 is 3.98. The van der Waals surface area contributed by atoms with Gasteiger partial charge in [-0.2, -0.15) is 12.6 Å². The zero-order valence-electron chi connectivity index (χ0n) is 9.03. The smallest absolute Gasteiger partial charge is 0.0877 e. The first kappa shape index (κ1) is 12.8. The van der Waals surface area contributed by atoms with Gasteiger partial charge in [0.05, 0.1) is 6.10 Å². The average Bonchev–Trinajstić information content (AvgIpc) is 2.41. The number of hydrogen-bond donors (Lipinski definition) is 2. The fourth-order valence-electron chi connectivity index (χ4n) is 1.17. The van der Waals surface area contributed by atoms with Crippen molar-refractivity contribution in [1.82, 2.24) is 0 Å². The van der Waals surface area contributed by atoms with Crippen molar-refractivity contribution in [2.75, 3.05) is 5.75 Å². The summed E-state index contributed by atoms with van der Waals surface area (Å²) in [7, 11) is 0. The fraction of sp³-hybridized carbons (Fsp3) is 0.143. The molecule has 16 heavy (non-hydrogen) atoms. The van der Waals surface area contributed by atoms with Gasteiger partial charge in [-0.3, -0.25) is 0 Å². The first-order valence-corrected chi connectivity index (χ1v) is 5.81. The van der Waals surface area contributed by atoms with Gasteiger partial charge in [-0.1, -0.05) is 66.7 Å². The van der Waals surface area contributed by atoms with Crippen molar-refractivity contribution in [3.8, 4) is 0 Å². The van der Waals surface area contributed by atoms with Crippen LogP contribution in [0.1, 0.15) is 11.7 Å². The second-order valence-corrected chi connectivity index (χ2v) is 3.63. The molecule has 0 saturated carbocycles. The average molecular weight is 232 g/mol. The van der Waals surface area contributed by atoms with Gasteiger partial charge in [-0.05, 0) is 5.56 Å². The number of aliphatic hydroxyl groups excluding tert-OH is 1. The highest BCUT2D eigenvalue weighted by atomic mass is 32.1. The molecule has 2 aromatic rings. The van der Waals surface area contributed by atoms with Gasteiger partial charge in [0.15, 0.2) is 0 Å². The minimum atomic E-state index is -0.426. The Morgan fingerprint density at radius 1 is 0.812 bits per heavy atom. The monoisotopic (exact) mass is 232 g/mol. The van der Waals surface area contributed by atoms with Gasteiger partial charge in [0.25, 0.3) is 0 Å². The van der Waals surface area contributed by atoms with E-state index in [4.69, 9.17) is 0 Å². The lowest BCUT2D eigenvalue weighted by Gasteiger charge is -2.05. The van der Waals surface area contributed by atoms with Crippen molar-refractivity contribution >= 4 is 12.6 Å². The van der Waals surface area contributed by atoms with Crippen LogP contribution >= 0.6 is 12.6 Å². The maximum Gasteiger partial charge on any atom is 0.0877 e. The van der Waals surface area contributed by atoms with Crippen LogP contribution in [0.4, 0.5) is 0 Å². The Labute approximate surface area is 102 Å². The van der Waals surface area contributed by atoms with Crippen LogP contribution in [0.5, 0.6) is 0 Å². The van der Waals surface area contributed by atoms with E-state index in [1.165, 1.54) is 0 Å². The third kappa shape index (κ3) is 5.01. The van der Waals surface area contributed by atoms with E-state index in [0.717, 1.165) is 5.56 Å². The van der Waals surface area contributed by atoms with E-state index in [1.807, 2.05) is 66.7 Å². The van der Waals surface area contributed by atoms with Gasteiger partial charge in [0.2, 0.25) is 0 Å². The van der Waals surface area contributed by atoms with Crippen LogP contribution < -0.4 is 0 Å². The summed E-state index contributed by atoms with van der Waals surface area (Å²) in [5.74, 6) is 0.476. The van der Waals surface area contributed by atoms with Gasteiger partial charge < -0.3 is 5.11 Å². The molecule has 0 heterocycles. The summed E-state index contributed by atoms with van der Waals surface area (Å²) in [5, 5.41) is 9.25. The molecule has 0 bridgehead atoms. The van der Waals surface area contributed by atoms with Crippen molar-refractivity contribution in [3.05, 3.63) is 72.3 Å². The van der Waals surface area contributed by atoms with E-state index in [1.54, 1.807) is 0 Å². The molecule has 0 amide bonds. The van der Waals surface area contributed by atoms with Crippen LogP contribution in [0.25, 0.3) is 0 Å². The topological polar surface area (TPSA) is 20.2 Å². The number of aliphatic hydroxyl groups is 1. The second-order valence-electron chi connectivity index (χ2n) is 3.26. The molecule has 1 N–H and O–H groups in total. The predicted molar refractivity (Wildman–Crippen MR) is 71.7 cm³/mol. The van der Waals surface area contributed by atoms with Crippen LogP contribution in [0.2, 0.25) is 0 Å². The van der Waals surface area contributed by atoms with Crippen molar-refractivity contribution < 1.29 is 5.11 Å². The predicted octanol–water partition coefficient (Wildman–Crippen LogP) is 3.34. The van der Waals surface area contributed by atoms with E-state index in [0.29, 0.717) is 5.75 Å². The van der Waals surface area contributed by atoms with Crippen molar-refractivity contribution in [3.63, 3.8) is 0 Å². The normalized spacial score (nSPS) is 11.1. The van der Waals surface area contributed by atoms with E-state index in [2.05, 4.69) is 12.6 Å². The van der Waals surface area contributed by atoms with Crippen LogP contribution in [-0.4, -0.2) is 10.9 Å². The summed E-state index contributed by atoms with van der Waals surface area (Å²) in [6.45, 7) is 0. The standard InChI is InChI=1S/C8H10OS.C6H6/c9-8(6-10)7-4-2-1-3-5-7;1-2-4-6-5-3-1/h1-5,8-10H,6H2;1-6H. The molecule has 0 radical (unpaired) electrons. The summed E-state index contributed by atoms with van der Waals surface area (Å²) in [6.07, 6.45) is -0.426. The zero-order chi connectivity index (χ0) is 11.6. The Morgan fingerprint density at radius 2 is 1.19 bits per heavy atom. The van der Waals surface area contributed by atoms with Gasteiger partial charge in [0, 0.05) is 5.75 Å². The van der Waals surface area contributed by atoms with Crippen molar-refractivity contribution in [2.24, 2.45) is 0 Å². The Bertz CT molecular complexity index is 334. The molecule has 2 aromatic carbocycles. The molecule has 0 spiro atoms. The maximum absolute atomic E-state index is 9.25. The van der Waals surface area contributed by atoms with Crippen molar-refractivity contribution in [1.29, 1.82) is 0 Å². The number of rotatable bonds is 2. The molecule has 1 unspecified atom stereocenters. The van der Waals surface area contributed by atoms with Gasteiger partial charge in [-0.25, -0.2) is 0 Å². The third-order valence-electron chi connectivity index (χ3n) is 2.02. The minimum absolute atomic E-state index is 0.426. The number of thiol groups is 1. The molecule has 0 aliphatic carbocycles. The first-order chi connectivity index (χ1) is 7.84. The van der Waals surface area contributed by atoms with Gasteiger partial charge >= 0.3 is 0 Å². The molecule has 84 valence electrons. The Balaban J connectivity index is 0.000000181. The summed E-state index contributed by atoms with van der Waals surface area (Å²) < 4.78 is 0. The van der Waals surface area contributed by atoms with Crippen molar-refractivity contribution in [2.45, 2.75) is 6.10 Å². The SMILES string of the molecule is OC(CS)c1ccccc1.c1ccccc1. The molecule has 0 aromatic heterocycles. The Hall–Kier alpha value is -1.25. The van der Waals surface area contributed by atoms with Crippen LogP contribution in [0.3, 0.4) is 0 Å². The Kier molecular flexibility index (Phi) is 6.38. The van der Waals surface area contributed by atoms with Gasteiger partial charge in [-0.15, -0.1) is 0 Å². The van der Waals surface area contributed by atoms with Crippen LogP contribution in [-0.2, 0) is 0 Å². The highest BCUT2D eigenvalue weighted by Gasteiger charge is 2.01. The number of benzene rings is 2. The Morgan fingerprint density at radius 3 is 1.56 bits per heavy atom. The van der Waals surface area contributed by atoms with E-state index < -0.39 is 6.10 Å². The third-order valence-corrected chi connectivity index (χ3v) is 2.37. The molecular formula is C14H16OS. The minimum Gasteiger partial charge on any atom is -0.388 e. The van der Waals surface area contributed by atoms with Gasteiger partial charge in [0.1, 0.15) is 0 Å². The lowest BCUT2D eigenvalue weighted by molar-refractivity contribution is 0.204. The second kappa shape index (κ2) is 7.97. The number of hydrogen-bond acceptors (Lipinski definition) is 2. The van der Waals surface area contributed by atoms with Crippen LogP contribution in [0.15, 0.2) is 66.7 Å². The molecule has 1 nitrogen and oxygen atoms in total. The lowest BCUT2D eigenvalue weighted by atomic mass is 10.1. The quantitative estimate of drug-likeness (QED) is 0.761. The summed E-state index contributed by atoms with van der Waals surface area (Å²) in [4.78, 5) is 0. The van der Waals surface area contributed by atoms with E-state index in [9.17, 15) is 5.11 Å². The molecule has 0 fully saturated rings. The van der Waals surface area contributed by atoms with E-state index in [-0.39, 0.29) is 0 Å². The fourth-order valence-corrected chi connectivity index (χ4v) is 1.38.